The number of rotatable bonds is 1. The number of carbonyl (C=O) groups excluding carboxylic acids is 2. The van der Waals surface area contributed by atoms with Crippen molar-refractivity contribution in [2.45, 2.75) is 32.8 Å². The summed E-state index contributed by atoms with van der Waals surface area (Å²) in [7, 11) is 1.33. The highest BCUT2D eigenvalue weighted by Crippen LogP contribution is 2.18. The number of carbonyl (C=O) groups is 2. The molecule has 5 nitrogen and oxygen atoms in total. The monoisotopic (exact) mass is 241 g/mol. The maximum atomic E-state index is 11.7. The van der Waals surface area contributed by atoms with Gasteiger partial charge in [-0.25, -0.2) is 9.59 Å². The van der Waals surface area contributed by atoms with Crippen LogP contribution in [0.3, 0.4) is 0 Å². The summed E-state index contributed by atoms with van der Waals surface area (Å²) in [5.41, 5.74) is 0.397. The van der Waals surface area contributed by atoms with Gasteiger partial charge in [0.05, 0.1) is 7.11 Å². The van der Waals surface area contributed by atoms with Crippen molar-refractivity contribution < 1.29 is 19.1 Å². The van der Waals surface area contributed by atoms with E-state index in [4.69, 9.17) is 4.74 Å². The number of methoxy groups -OCH3 is 1. The molecule has 1 fully saturated rings. The van der Waals surface area contributed by atoms with Crippen molar-refractivity contribution in [3.05, 3.63) is 11.6 Å². The second-order valence-electron chi connectivity index (χ2n) is 4.98. The Morgan fingerprint density at radius 1 is 1.35 bits per heavy atom. The van der Waals surface area contributed by atoms with Gasteiger partial charge in [-0.2, -0.15) is 0 Å². The summed E-state index contributed by atoms with van der Waals surface area (Å²) >= 11 is 0. The van der Waals surface area contributed by atoms with Gasteiger partial charge < -0.3 is 14.4 Å². The van der Waals surface area contributed by atoms with Gasteiger partial charge in [0.25, 0.3) is 0 Å². The van der Waals surface area contributed by atoms with Crippen LogP contribution in [0.2, 0.25) is 0 Å². The highest BCUT2D eigenvalue weighted by Gasteiger charge is 2.26. The number of amides is 1. The number of ether oxygens (including phenoxy) is 2. The lowest BCUT2D eigenvalue weighted by atomic mass is 10.2. The third kappa shape index (κ3) is 4.46. The molecule has 1 heterocycles. The molecule has 0 spiro atoms. The second-order valence-corrected chi connectivity index (χ2v) is 4.98. The van der Waals surface area contributed by atoms with Gasteiger partial charge >= 0.3 is 12.1 Å². The van der Waals surface area contributed by atoms with Crippen LogP contribution in [0, 0.1) is 0 Å². The third-order valence-corrected chi connectivity index (χ3v) is 2.27. The molecular weight excluding hydrogens is 222 g/mol. The van der Waals surface area contributed by atoms with Crippen molar-refractivity contribution in [3.8, 4) is 0 Å². The molecule has 0 N–H and O–H groups in total. The Hall–Kier alpha value is -1.52. The van der Waals surface area contributed by atoms with Gasteiger partial charge in [0.1, 0.15) is 5.60 Å². The Balaban J connectivity index is 2.53. The fourth-order valence-electron chi connectivity index (χ4n) is 1.51. The first-order valence-electron chi connectivity index (χ1n) is 5.57. The van der Waals surface area contributed by atoms with Crippen molar-refractivity contribution >= 4 is 12.1 Å². The zero-order chi connectivity index (χ0) is 13.1. The third-order valence-electron chi connectivity index (χ3n) is 2.27. The van der Waals surface area contributed by atoms with Crippen molar-refractivity contribution in [3.63, 3.8) is 0 Å². The van der Waals surface area contributed by atoms with Crippen LogP contribution in [-0.4, -0.2) is 42.8 Å². The molecule has 5 heteroatoms. The van der Waals surface area contributed by atoms with E-state index in [1.165, 1.54) is 13.2 Å². The van der Waals surface area contributed by atoms with Crippen LogP contribution >= 0.6 is 0 Å². The molecule has 0 aromatic rings. The molecule has 0 atom stereocenters. The first-order chi connectivity index (χ1) is 7.81. The van der Waals surface area contributed by atoms with E-state index in [-0.39, 0.29) is 12.1 Å². The molecular formula is C12H19NO4. The zero-order valence-corrected chi connectivity index (χ0v) is 10.8. The summed E-state index contributed by atoms with van der Waals surface area (Å²) in [5.74, 6) is -0.383. The quantitative estimate of drug-likeness (QED) is 0.518. The van der Waals surface area contributed by atoms with Crippen molar-refractivity contribution in [2.24, 2.45) is 0 Å². The Kier molecular flexibility index (Phi) is 4.15. The summed E-state index contributed by atoms with van der Waals surface area (Å²) in [5, 5.41) is 0. The van der Waals surface area contributed by atoms with Gasteiger partial charge in [0, 0.05) is 19.2 Å². The molecule has 1 aliphatic rings. The average Bonchev–Trinajstić information content (AvgIpc) is 2.63. The first-order valence-corrected chi connectivity index (χ1v) is 5.57. The van der Waals surface area contributed by atoms with Gasteiger partial charge in [0.15, 0.2) is 0 Å². The first kappa shape index (κ1) is 13.5. The second kappa shape index (κ2) is 5.21. The van der Waals surface area contributed by atoms with E-state index in [1.807, 2.05) is 20.8 Å². The number of esters is 1. The Bertz CT molecular complexity index is 341. The summed E-state index contributed by atoms with van der Waals surface area (Å²) in [4.78, 5) is 24.3. The fourth-order valence-corrected chi connectivity index (χ4v) is 1.51. The number of hydrogen-bond acceptors (Lipinski definition) is 4. The van der Waals surface area contributed by atoms with Crippen LogP contribution in [0.25, 0.3) is 0 Å². The minimum absolute atomic E-state index is 0.342. The Morgan fingerprint density at radius 2 is 2.00 bits per heavy atom. The molecule has 1 rings (SSSR count). The summed E-state index contributed by atoms with van der Waals surface area (Å²) in [6.07, 6.45) is 1.78. The summed E-state index contributed by atoms with van der Waals surface area (Å²) < 4.78 is 9.78. The largest absolute Gasteiger partial charge is 0.466 e. The molecule has 17 heavy (non-hydrogen) atoms. The maximum Gasteiger partial charge on any atom is 0.410 e. The highest BCUT2D eigenvalue weighted by molar-refractivity contribution is 5.83. The van der Waals surface area contributed by atoms with E-state index >= 15 is 0 Å². The molecule has 1 saturated heterocycles. The predicted octanol–water partition coefficient (Wildman–Crippen LogP) is 1.73. The fraction of sp³-hybridized carbons (Fsp3) is 0.667. The van der Waals surface area contributed by atoms with Crippen LogP contribution in [0.5, 0.6) is 0 Å². The van der Waals surface area contributed by atoms with Crippen molar-refractivity contribution in [2.75, 3.05) is 20.2 Å². The lowest BCUT2D eigenvalue weighted by molar-refractivity contribution is -0.134. The van der Waals surface area contributed by atoms with E-state index in [1.54, 1.807) is 4.90 Å². The molecule has 96 valence electrons. The average molecular weight is 241 g/mol. The minimum Gasteiger partial charge on any atom is -0.466 e. The van der Waals surface area contributed by atoms with Crippen LogP contribution < -0.4 is 0 Å². The standard InChI is InChI=1S/C12H19NO4/c1-12(2,3)17-11(15)13-6-5-9(8-13)7-10(14)16-4/h7H,5-6,8H2,1-4H3/b9-7+. The Labute approximate surface area is 101 Å². The van der Waals surface area contributed by atoms with Crippen molar-refractivity contribution in [1.29, 1.82) is 0 Å². The van der Waals surface area contributed by atoms with Gasteiger partial charge in [-0.15, -0.1) is 0 Å². The molecule has 0 aromatic carbocycles. The molecule has 1 aliphatic heterocycles. The SMILES string of the molecule is COC(=O)/C=C1\CCN(C(=O)OC(C)(C)C)C1. The lowest BCUT2D eigenvalue weighted by Gasteiger charge is -2.23. The number of hydrogen-bond donors (Lipinski definition) is 0. The normalized spacial score (nSPS) is 18.4. The van der Waals surface area contributed by atoms with Crippen molar-refractivity contribution in [1.82, 2.24) is 4.90 Å². The van der Waals surface area contributed by atoms with Crippen LogP contribution in [-0.2, 0) is 14.3 Å². The smallest absolute Gasteiger partial charge is 0.410 e. The lowest BCUT2D eigenvalue weighted by Crippen LogP contribution is -2.34. The number of nitrogens with zero attached hydrogens (tertiary/aromatic N) is 1. The van der Waals surface area contributed by atoms with Gasteiger partial charge in [0.2, 0.25) is 0 Å². The number of likely N-dealkylation sites (tertiary alicyclic amines) is 1. The van der Waals surface area contributed by atoms with E-state index in [0.29, 0.717) is 19.5 Å². The molecule has 0 unspecified atom stereocenters. The molecule has 0 aromatic heterocycles. The van der Waals surface area contributed by atoms with E-state index in [9.17, 15) is 9.59 Å². The summed E-state index contributed by atoms with van der Waals surface area (Å²) in [6.45, 7) is 6.49. The topological polar surface area (TPSA) is 55.8 Å². The van der Waals surface area contributed by atoms with Gasteiger partial charge in [-0.3, -0.25) is 0 Å². The van der Waals surface area contributed by atoms with Crippen LogP contribution in [0.4, 0.5) is 4.79 Å². The van der Waals surface area contributed by atoms with Crippen LogP contribution in [0.15, 0.2) is 11.6 Å². The van der Waals surface area contributed by atoms with Gasteiger partial charge in [-0.1, -0.05) is 0 Å². The highest BCUT2D eigenvalue weighted by atomic mass is 16.6. The maximum absolute atomic E-state index is 11.7. The molecule has 1 amide bonds. The minimum atomic E-state index is -0.494. The zero-order valence-electron chi connectivity index (χ0n) is 10.8. The molecule has 0 radical (unpaired) electrons. The van der Waals surface area contributed by atoms with Crippen LogP contribution in [0.1, 0.15) is 27.2 Å². The van der Waals surface area contributed by atoms with E-state index in [0.717, 1.165) is 5.57 Å². The predicted molar refractivity (Wildman–Crippen MR) is 62.5 cm³/mol. The molecule has 0 bridgehead atoms. The summed E-state index contributed by atoms with van der Waals surface area (Å²) in [6, 6.07) is 0. The van der Waals surface area contributed by atoms with E-state index < -0.39 is 5.60 Å². The van der Waals surface area contributed by atoms with Gasteiger partial charge in [-0.05, 0) is 32.8 Å². The molecule has 0 aliphatic carbocycles. The Morgan fingerprint density at radius 3 is 2.53 bits per heavy atom. The molecule has 0 saturated carbocycles. The van der Waals surface area contributed by atoms with E-state index in [2.05, 4.69) is 4.74 Å².